The van der Waals surface area contributed by atoms with Crippen LogP contribution in [0, 0.1) is 0 Å². The summed E-state index contributed by atoms with van der Waals surface area (Å²) in [6, 6.07) is 7.28. The van der Waals surface area contributed by atoms with Gasteiger partial charge in [-0.05, 0) is 18.2 Å². The summed E-state index contributed by atoms with van der Waals surface area (Å²) in [7, 11) is 6.43. The van der Waals surface area contributed by atoms with Gasteiger partial charge in [0.25, 0.3) is 0 Å². The zero-order valence-electron chi connectivity index (χ0n) is 7.08. The molecule has 14 heavy (non-hydrogen) atoms. The maximum Gasteiger partial charge on any atom is 0.317 e. The summed E-state index contributed by atoms with van der Waals surface area (Å²) in [5.41, 5.74) is 0. The minimum atomic E-state index is -3.72. The summed E-state index contributed by atoms with van der Waals surface area (Å²) in [5, 5.41) is 0.703. The van der Waals surface area contributed by atoms with E-state index in [-0.39, 0.29) is 0 Å². The highest BCUT2D eigenvalue weighted by Crippen LogP contribution is 2.15. The Morgan fingerprint density at radius 1 is 1.29 bits per heavy atom. The van der Waals surface area contributed by atoms with Crippen LogP contribution in [0.1, 0.15) is 0 Å². The number of hydrogen-bond donors (Lipinski definition) is 0. The summed E-state index contributed by atoms with van der Waals surface area (Å²) < 4.78 is 23.2. The van der Waals surface area contributed by atoms with E-state index < -0.39 is 8.26 Å². The highest BCUT2D eigenvalue weighted by atomic mass is 36.0. The molecule has 80 valence electrons. The summed E-state index contributed by atoms with van der Waals surface area (Å²) in [4.78, 5) is 0. The molecule has 1 rings (SSSR count). The lowest BCUT2D eigenvalue weighted by atomic mass is 10.3. The van der Waals surface area contributed by atoms with Gasteiger partial charge < -0.3 is 4.74 Å². The number of hydrogen-bond acceptors (Lipinski definition) is 3. The van der Waals surface area contributed by atoms with E-state index in [1.54, 1.807) is 13.2 Å². The summed E-state index contributed by atoms with van der Waals surface area (Å²) in [5.74, 6) is 0.794. The van der Waals surface area contributed by atoms with E-state index in [1.807, 2.05) is 18.2 Å². The third-order valence-electron chi connectivity index (χ3n) is 1.03. The van der Waals surface area contributed by atoms with Crippen molar-refractivity contribution in [1.82, 2.24) is 0 Å². The van der Waals surface area contributed by atoms with Crippen LogP contribution in [0.25, 0.3) is 0 Å². The lowest BCUT2D eigenvalue weighted by Gasteiger charge is -1.96. The molecule has 1 aromatic carbocycles. The molecule has 0 aliphatic rings. The highest BCUT2D eigenvalue weighted by Gasteiger charge is 1.89. The zero-order chi connectivity index (χ0) is 11.2. The first-order chi connectivity index (χ1) is 6.33. The fraction of sp³-hybridized carbons (Fsp3) is 0.143. The third-order valence-corrected chi connectivity index (χ3v) is 1.27. The lowest BCUT2D eigenvalue weighted by molar-refractivity contribution is 0.415. The maximum absolute atomic E-state index is 9.16. The van der Waals surface area contributed by atoms with Gasteiger partial charge in [-0.3, -0.25) is 0 Å². The normalized spacial score (nSPS) is 10.0. The molecule has 0 spiro atoms. The second-order valence-corrected chi connectivity index (χ2v) is 6.14. The largest absolute Gasteiger partial charge is 0.497 e. The van der Waals surface area contributed by atoms with Crippen LogP contribution < -0.4 is 4.74 Å². The van der Waals surface area contributed by atoms with Gasteiger partial charge in [0.1, 0.15) is 5.75 Å². The van der Waals surface area contributed by atoms with Gasteiger partial charge in [0, 0.05) is 26.4 Å². The summed E-state index contributed by atoms with van der Waals surface area (Å²) in [6.07, 6.45) is 0. The van der Waals surface area contributed by atoms with Crippen molar-refractivity contribution in [3.63, 3.8) is 0 Å². The van der Waals surface area contributed by atoms with E-state index in [1.165, 1.54) is 0 Å². The minimum Gasteiger partial charge on any atom is -0.497 e. The van der Waals surface area contributed by atoms with Crippen molar-refractivity contribution in [2.45, 2.75) is 0 Å². The molecule has 0 aliphatic heterocycles. The minimum absolute atomic E-state index is 0.703. The second-order valence-electron chi connectivity index (χ2n) is 2.04. The van der Waals surface area contributed by atoms with Crippen LogP contribution in [0.15, 0.2) is 24.3 Å². The Morgan fingerprint density at radius 2 is 1.79 bits per heavy atom. The van der Waals surface area contributed by atoms with Gasteiger partial charge in [0.15, 0.2) is 0 Å². The molecule has 0 amide bonds. The van der Waals surface area contributed by atoms with Crippen LogP contribution in [0.4, 0.5) is 0 Å². The molecule has 0 heterocycles. The molecule has 0 saturated carbocycles. The van der Waals surface area contributed by atoms with Crippen LogP contribution in [0.3, 0.4) is 0 Å². The Morgan fingerprint density at radius 3 is 2.07 bits per heavy atom. The standard InChI is InChI=1S/C7H7ClO.Cl2O2S/c1-9-7-4-2-3-6(8)5-7;1-5(2,3)4/h2-5H,1H3;. The summed E-state index contributed by atoms with van der Waals surface area (Å²) in [6.45, 7) is 0. The molecule has 0 unspecified atom stereocenters. The number of halogens is 3. The van der Waals surface area contributed by atoms with Gasteiger partial charge in [0.2, 0.25) is 0 Å². The second kappa shape index (κ2) is 6.35. The first kappa shape index (κ1) is 13.8. The summed E-state index contributed by atoms with van der Waals surface area (Å²) >= 11 is 5.64. The van der Waals surface area contributed by atoms with Crippen molar-refractivity contribution >= 4 is 41.2 Å². The molecule has 0 bridgehead atoms. The molecule has 0 aromatic heterocycles. The Bertz CT molecular complexity index is 370. The van der Waals surface area contributed by atoms with Crippen LogP contribution >= 0.6 is 33.0 Å². The number of methoxy groups -OCH3 is 1. The molecular weight excluding hydrogens is 270 g/mol. The molecule has 0 atom stereocenters. The SMILES string of the molecule is COc1cccc(Cl)c1.O=S(=O)(Cl)Cl. The fourth-order valence-corrected chi connectivity index (χ4v) is 0.774. The van der Waals surface area contributed by atoms with Gasteiger partial charge in [0.05, 0.1) is 7.11 Å². The Balaban J connectivity index is 0.000000292. The Hall–Kier alpha value is -0.160. The molecule has 7 heteroatoms. The van der Waals surface area contributed by atoms with E-state index in [2.05, 4.69) is 21.4 Å². The van der Waals surface area contributed by atoms with E-state index in [4.69, 9.17) is 24.8 Å². The topological polar surface area (TPSA) is 43.4 Å². The van der Waals surface area contributed by atoms with Gasteiger partial charge in [-0.1, -0.05) is 17.7 Å². The fourth-order valence-electron chi connectivity index (χ4n) is 0.594. The highest BCUT2D eigenvalue weighted by molar-refractivity contribution is 8.31. The van der Waals surface area contributed by atoms with E-state index >= 15 is 0 Å². The van der Waals surface area contributed by atoms with Crippen LogP contribution in [0.2, 0.25) is 5.02 Å². The van der Waals surface area contributed by atoms with Gasteiger partial charge in [-0.2, -0.15) is 8.42 Å². The van der Waals surface area contributed by atoms with Gasteiger partial charge >= 0.3 is 8.26 Å². The Kier molecular flexibility index (Phi) is 6.27. The molecule has 0 N–H and O–H groups in total. The van der Waals surface area contributed by atoms with Crippen LogP contribution in [0.5, 0.6) is 5.75 Å². The smallest absolute Gasteiger partial charge is 0.317 e. The molecular formula is C7H7Cl3O3S. The first-order valence-electron chi connectivity index (χ1n) is 3.26. The molecule has 0 radical (unpaired) electrons. The number of ether oxygens (including phenoxy) is 1. The van der Waals surface area contributed by atoms with Gasteiger partial charge in [-0.15, -0.1) is 0 Å². The molecule has 0 aliphatic carbocycles. The number of benzene rings is 1. The van der Waals surface area contributed by atoms with Crippen molar-refractivity contribution in [1.29, 1.82) is 0 Å². The predicted octanol–water partition coefficient (Wildman–Crippen LogP) is 3.06. The van der Waals surface area contributed by atoms with E-state index in [0.717, 1.165) is 5.75 Å². The predicted molar refractivity (Wildman–Crippen MR) is 58.6 cm³/mol. The van der Waals surface area contributed by atoms with Crippen LogP contribution in [-0.2, 0) is 8.26 Å². The van der Waals surface area contributed by atoms with Crippen molar-refractivity contribution in [3.05, 3.63) is 29.3 Å². The van der Waals surface area contributed by atoms with Crippen molar-refractivity contribution in [2.24, 2.45) is 0 Å². The molecule has 1 aromatic rings. The van der Waals surface area contributed by atoms with Gasteiger partial charge in [-0.25, -0.2) is 0 Å². The first-order valence-corrected chi connectivity index (χ1v) is 6.78. The third kappa shape index (κ3) is 9.92. The quantitative estimate of drug-likeness (QED) is 0.741. The van der Waals surface area contributed by atoms with E-state index in [9.17, 15) is 0 Å². The maximum atomic E-state index is 9.16. The average molecular weight is 278 g/mol. The molecule has 0 saturated heterocycles. The van der Waals surface area contributed by atoms with Crippen molar-refractivity contribution < 1.29 is 13.2 Å². The lowest BCUT2D eigenvalue weighted by Crippen LogP contribution is -1.79. The average Bonchev–Trinajstić information content (AvgIpc) is 2.01. The van der Waals surface area contributed by atoms with Crippen LogP contribution in [-0.4, -0.2) is 15.5 Å². The molecule has 3 nitrogen and oxygen atoms in total. The molecule has 0 fully saturated rings. The van der Waals surface area contributed by atoms with Crippen molar-refractivity contribution in [2.75, 3.05) is 7.11 Å². The zero-order valence-corrected chi connectivity index (χ0v) is 10.2. The van der Waals surface area contributed by atoms with Crippen molar-refractivity contribution in [3.8, 4) is 5.75 Å². The number of rotatable bonds is 1. The van der Waals surface area contributed by atoms with E-state index in [0.29, 0.717) is 5.02 Å². The Labute approximate surface area is 96.5 Å². The monoisotopic (exact) mass is 276 g/mol.